The zero-order chi connectivity index (χ0) is 19.0. The third-order valence-electron chi connectivity index (χ3n) is 4.70. The molecule has 2 aromatic carbocycles. The fourth-order valence-corrected chi connectivity index (χ4v) is 3.64. The van der Waals surface area contributed by atoms with E-state index in [0.29, 0.717) is 5.16 Å². The molecule has 0 saturated carbocycles. The van der Waals surface area contributed by atoms with Gasteiger partial charge >= 0.3 is 0 Å². The second kappa shape index (κ2) is 7.00. The predicted molar refractivity (Wildman–Crippen MR) is 109 cm³/mol. The van der Waals surface area contributed by atoms with Gasteiger partial charge in [-0.2, -0.15) is 0 Å². The first-order chi connectivity index (χ1) is 13.0. The van der Waals surface area contributed by atoms with Crippen molar-refractivity contribution >= 4 is 45.4 Å². The topological polar surface area (TPSA) is 72.7 Å². The van der Waals surface area contributed by atoms with Crippen LogP contribution in [0.15, 0.2) is 47.6 Å². The van der Waals surface area contributed by atoms with Crippen molar-refractivity contribution in [3.63, 3.8) is 0 Å². The van der Waals surface area contributed by atoms with Gasteiger partial charge in [-0.1, -0.05) is 42.1 Å². The molecule has 0 bridgehead atoms. The van der Waals surface area contributed by atoms with Crippen molar-refractivity contribution in [1.29, 1.82) is 0 Å². The maximum Gasteiger partial charge on any atom is 0.234 e. The van der Waals surface area contributed by atoms with Gasteiger partial charge in [0, 0.05) is 18.1 Å². The molecule has 2 heterocycles. The molecular formula is C20H19N5OS. The zero-order valence-corrected chi connectivity index (χ0v) is 16.2. The average Bonchev–Trinajstić information content (AvgIpc) is 2.96. The van der Waals surface area contributed by atoms with E-state index >= 15 is 0 Å². The number of carbonyl (C=O) groups excluding carboxylic acids is 1. The van der Waals surface area contributed by atoms with Crippen LogP contribution >= 0.6 is 11.8 Å². The van der Waals surface area contributed by atoms with Gasteiger partial charge in [-0.25, -0.2) is 4.98 Å². The summed E-state index contributed by atoms with van der Waals surface area (Å²) in [5.74, 6) is 0.138. The van der Waals surface area contributed by atoms with Gasteiger partial charge in [-0.15, -0.1) is 10.2 Å². The Labute approximate surface area is 161 Å². The van der Waals surface area contributed by atoms with Crippen LogP contribution in [0.2, 0.25) is 0 Å². The van der Waals surface area contributed by atoms with Gasteiger partial charge in [-0.3, -0.25) is 4.79 Å². The first kappa shape index (κ1) is 17.5. The number of rotatable bonds is 4. The van der Waals surface area contributed by atoms with Crippen LogP contribution in [0.4, 0.5) is 5.69 Å². The second-order valence-electron chi connectivity index (χ2n) is 6.43. The maximum atomic E-state index is 12.3. The molecule has 0 atom stereocenters. The van der Waals surface area contributed by atoms with Crippen molar-refractivity contribution in [1.82, 2.24) is 19.7 Å². The van der Waals surface area contributed by atoms with Crippen molar-refractivity contribution < 1.29 is 4.79 Å². The Kier molecular flexibility index (Phi) is 4.53. The van der Waals surface area contributed by atoms with Crippen LogP contribution in [0, 0.1) is 13.8 Å². The van der Waals surface area contributed by atoms with Crippen molar-refractivity contribution in [2.45, 2.75) is 19.0 Å². The van der Waals surface area contributed by atoms with E-state index in [1.807, 2.05) is 67.9 Å². The predicted octanol–water partition coefficient (Wildman–Crippen LogP) is 3.86. The SMILES string of the molecule is Cc1cccc(NC(=O)CSc2nnc3c4ccccc4n(C)c3n2)c1C. The molecule has 0 radical (unpaired) electrons. The highest BCUT2D eigenvalue weighted by atomic mass is 32.2. The van der Waals surface area contributed by atoms with Gasteiger partial charge in [0.2, 0.25) is 11.1 Å². The van der Waals surface area contributed by atoms with Crippen molar-refractivity contribution in [3.05, 3.63) is 53.6 Å². The number of amides is 1. The van der Waals surface area contributed by atoms with Crippen molar-refractivity contribution in [3.8, 4) is 0 Å². The Balaban J connectivity index is 1.52. The molecule has 136 valence electrons. The minimum absolute atomic E-state index is 0.0885. The number of benzene rings is 2. The van der Waals surface area contributed by atoms with Crippen LogP contribution in [0.5, 0.6) is 0 Å². The van der Waals surface area contributed by atoms with E-state index in [0.717, 1.165) is 38.9 Å². The Bertz CT molecular complexity index is 1170. The molecular weight excluding hydrogens is 358 g/mol. The van der Waals surface area contributed by atoms with Gasteiger partial charge in [-0.05, 0) is 37.1 Å². The molecule has 0 aliphatic rings. The fourth-order valence-electron chi connectivity index (χ4n) is 3.06. The van der Waals surface area contributed by atoms with Gasteiger partial charge in [0.05, 0.1) is 11.3 Å². The minimum atomic E-state index is -0.0885. The third kappa shape index (κ3) is 3.26. The number of hydrogen-bond acceptors (Lipinski definition) is 5. The minimum Gasteiger partial charge on any atom is -0.327 e. The molecule has 2 aromatic heterocycles. The Hall–Kier alpha value is -2.93. The molecule has 27 heavy (non-hydrogen) atoms. The first-order valence-corrected chi connectivity index (χ1v) is 9.60. The summed E-state index contributed by atoms with van der Waals surface area (Å²) in [5.41, 5.74) is 5.66. The highest BCUT2D eigenvalue weighted by Crippen LogP contribution is 2.26. The molecule has 1 N–H and O–H groups in total. The zero-order valence-electron chi connectivity index (χ0n) is 15.4. The second-order valence-corrected chi connectivity index (χ2v) is 7.37. The van der Waals surface area contributed by atoms with E-state index in [9.17, 15) is 4.79 Å². The quantitative estimate of drug-likeness (QED) is 0.547. The van der Waals surface area contributed by atoms with Crippen molar-refractivity contribution in [2.75, 3.05) is 11.1 Å². The maximum absolute atomic E-state index is 12.3. The van der Waals surface area contributed by atoms with E-state index in [2.05, 4.69) is 20.5 Å². The standard InChI is InChI=1S/C20H19N5OS/c1-12-7-6-9-15(13(12)2)21-17(26)11-27-20-22-19-18(23-24-20)14-8-4-5-10-16(14)25(19)3/h4-10H,11H2,1-3H3,(H,21,26). The first-order valence-electron chi connectivity index (χ1n) is 8.61. The number of fused-ring (bicyclic) bond motifs is 3. The van der Waals surface area contributed by atoms with Crippen LogP contribution in [0.1, 0.15) is 11.1 Å². The van der Waals surface area contributed by atoms with Gasteiger partial charge < -0.3 is 9.88 Å². The highest BCUT2D eigenvalue weighted by molar-refractivity contribution is 7.99. The van der Waals surface area contributed by atoms with Gasteiger partial charge in [0.1, 0.15) is 5.52 Å². The molecule has 1 amide bonds. The molecule has 0 spiro atoms. The van der Waals surface area contributed by atoms with E-state index in [4.69, 9.17) is 0 Å². The number of nitrogens with one attached hydrogen (secondary N) is 1. The summed E-state index contributed by atoms with van der Waals surface area (Å²) < 4.78 is 2.00. The largest absolute Gasteiger partial charge is 0.327 e. The smallest absolute Gasteiger partial charge is 0.234 e. The van der Waals surface area contributed by atoms with E-state index in [1.54, 1.807) is 0 Å². The summed E-state index contributed by atoms with van der Waals surface area (Å²) in [5, 5.41) is 13.0. The van der Waals surface area contributed by atoms with E-state index in [1.165, 1.54) is 11.8 Å². The van der Waals surface area contributed by atoms with E-state index in [-0.39, 0.29) is 11.7 Å². The normalized spacial score (nSPS) is 11.2. The van der Waals surface area contributed by atoms with Crippen LogP contribution in [-0.4, -0.2) is 31.4 Å². The van der Waals surface area contributed by atoms with Gasteiger partial charge in [0.25, 0.3) is 0 Å². The molecule has 4 aromatic rings. The molecule has 0 aliphatic heterocycles. The lowest BCUT2D eigenvalue weighted by Crippen LogP contribution is -2.15. The average molecular weight is 377 g/mol. The summed E-state index contributed by atoms with van der Waals surface area (Å²) in [4.78, 5) is 16.9. The van der Waals surface area contributed by atoms with Crippen LogP contribution < -0.4 is 5.32 Å². The molecule has 0 saturated heterocycles. The van der Waals surface area contributed by atoms with Crippen molar-refractivity contribution in [2.24, 2.45) is 7.05 Å². The molecule has 0 unspecified atom stereocenters. The molecule has 0 fully saturated rings. The van der Waals surface area contributed by atoms with Crippen LogP contribution in [0.25, 0.3) is 22.1 Å². The third-order valence-corrected chi connectivity index (χ3v) is 5.54. The number of aryl methyl sites for hydroxylation is 2. The van der Waals surface area contributed by atoms with E-state index < -0.39 is 0 Å². The summed E-state index contributed by atoms with van der Waals surface area (Å²) >= 11 is 1.28. The lowest BCUT2D eigenvalue weighted by atomic mass is 10.1. The summed E-state index contributed by atoms with van der Waals surface area (Å²) in [7, 11) is 1.96. The fraction of sp³-hybridized carbons (Fsp3) is 0.200. The lowest BCUT2D eigenvalue weighted by molar-refractivity contribution is -0.113. The number of aromatic nitrogens is 4. The number of carbonyl (C=O) groups is 1. The summed E-state index contributed by atoms with van der Waals surface area (Å²) in [6, 6.07) is 13.9. The summed E-state index contributed by atoms with van der Waals surface area (Å²) in [6.07, 6.45) is 0. The Morgan fingerprint density at radius 3 is 2.78 bits per heavy atom. The molecule has 7 heteroatoms. The number of nitrogens with zero attached hydrogens (tertiary/aromatic N) is 4. The molecule has 4 rings (SSSR count). The number of thioether (sulfide) groups is 1. The highest BCUT2D eigenvalue weighted by Gasteiger charge is 2.13. The number of anilines is 1. The monoisotopic (exact) mass is 377 g/mol. The van der Waals surface area contributed by atoms with Crippen LogP contribution in [-0.2, 0) is 11.8 Å². The Morgan fingerprint density at radius 2 is 1.93 bits per heavy atom. The summed E-state index contributed by atoms with van der Waals surface area (Å²) in [6.45, 7) is 4.03. The Morgan fingerprint density at radius 1 is 1.11 bits per heavy atom. The molecule has 6 nitrogen and oxygen atoms in total. The lowest BCUT2D eigenvalue weighted by Gasteiger charge is -2.09. The molecule has 0 aliphatic carbocycles. The number of hydrogen-bond donors (Lipinski definition) is 1. The number of para-hydroxylation sites is 1. The van der Waals surface area contributed by atoms with Gasteiger partial charge in [0.15, 0.2) is 5.65 Å². The van der Waals surface area contributed by atoms with Crippen LogP contribution in [0.3, 0.4) is 0 Å².